The van der Waals surface area contributed by atoms with Crippen LogP contribution in [0.4, 0.5) is 4.79 Å². The van der Waals surface area contributed by atoms with Crippen LogP contribution in [-0.4, -0.2) is 38.5 Å². The van der Waals surface area contributed by atoms with Crippen molar-refractivity contribution >= 4 is 12.0 Å². The summed E-state index contributed by atoms with van der Waals surface area (Å²) in [6, 6.07) is 6.68. The Labute approximate surface area is 129 Å². The fourth-order valence-electron chi connectivity index (χ4n) is 1.56. The molecule has 1 aromatic carbocycles. The predicted molar refractivity (Wildman–Crippen MR) is 80.9 cm³/mol. The molecule has 0 aliphatic carbocycles. The molecule has 0 aliphatic heterocycles. The van der Waals surface area contributed by atoms with Gasteiger partial charge < -0.3 is 24.8 Å². The van der Waals surface area contributed by atoms with Gasteiger partial charge in [-0.25, -0.2) is 4.79 Å². The third-order valence-electron chi connectivity index (χ3n) is 2.53. The number of urea groups is 1. The summed E-state index contributed by atoms with van der Waals surface area (Å²) >= 11 is 0. The minimum atomic E-state index is -0.407. The number of carbonyl (C=O) groups is 2. The van der Waals surface area contributed by atoms with E-state index in [0.717, 1.165) is 5.75 Å². The standard InChI is InChI=1S/C15H22N2O5/c1-3-20-12-5-7-13(8-6-12)22-11-17-15(19)16-10-9-14(18)21-4-2/h5-8H,3-4,9-11H2,1-2H3,(H2,16,17,19). The number of nitrogens with one attached hydrogen (secondary N) is 2. The highest BCUT2D eigenvalue weighted by molar-refractivity contribution is 5.75. The van der Waals surface area contributed by atoms with E-state index in [4.69, 9.17) is 14.2 Å². The Kier molecular flexibility index (Phi) is 8.25. The van der Waals surface area contributed by atoms with Crippen LogP contribution in [0.5, 0.6) is 11.5 Å². The molecule has 7 heteroatoms. The molecule has 1 rings (SSSR count). The van der Waals surface area contributed by atoms with Crippen molar-refractivity contribution in [1.82, 2.24) is 10.6 Å². The van der Waals surface area contributed by atoms with Crippen molar-refractivity contribution in [2.45, 2.75) is 20.3 Å². The summed E-state index contributed by atoms with van der Waals surface area (Å²) in [6.45, 7) is 4.83. The Hall–Kier alpha value is -2.44. The van der Waals surface area contributed by atoms with Crippen LogP contribution in [-0.2, 0) is 9.53 Å². The number of rotatable bonds is 9. The molecule has 0 aliphatic rings. The Morgan fingerprint density at radius 1 is 0.955 bits per heavy atom. The fraction of sp³-hybridized carbons (Fsp3) is 0.467. The van der Waals surface area contributed by atoms with E-state index in [9.17, 15) is 9.59 Å². The summed E-state index contributed by atoms with van der Waals surface area (Å²) < 4.78 is 15.4. The molecule has 0 saturated carbocycles. The van der Waals surface area contributed by atoms with E-state index in [1.165, 1.54) is 0 Å². The maximum absolute atomic E-state index is 11.4. The molecule has 0 radical (unpaired) electrons. The topological polar surface area (TPSA) is 85.9 Å². The molecule has 1 aromatic rings. The van der Waals surface area contributed by atoms with Gasteiger partial charge in [-0.3, -0.25) is 4.79 Å². The molecule has 0 fully saturated rings. The van der Waals surface area contributed by atoms with Crippen molar-refractivity contribution in [3.05, 3.63) is 24.3 Å². The minimum absolute atomic E-state index is 0.0270. The second-order valence-electron chi connectivity index (χ2n) is 4.18. The largest absolute Gasteiger partial charge is 0.494 e. The lowest BCUT2D eigenvalue weighted by Crippen LogP contribution is -2.38. The lowest BCUT2D eigenvalue weighted by Gasteiger charge is -2.10. The van der Waals surface area contributed by atoms with Gasteiger partial charge in [0.05, 0.1) is 19.6 Å². The Bertz CT molecular complexity index is 462. The zero-order chi connectivity index (χ0) is 16.2. The monoisotopic (exact) mass is 310 g/mol. The molecule has 0 unspecified atom stereocenters. The first-order valence-electron chi connectivity index (χ1n) is 7.18. The zero-order valence-electron chi connectivity index (χ0n) is 12.9. The van der Waals surface area contributed by atoms with Crippen LogP contribution < -0.4 is 20.1 Å². The van der Waals surface area contributed by atoms with Crippen molar-refractivity contribution in [1.29, 1.82) is 0 Å². The average Bonchev–Trinajstić information content (AvgIpc) is 2.49. The maximum Gasteiger partial charge on any atom is 0.317 e. The third kappa shape index (κ3) is 7.37. The Balaban J connectivity index is 2.15. The number of hydrogen-bond acceptors (Lipinski definition) is 5. The predicted octanol–water partition coefficient (Wildman–Crippen LogP) is 1.67. The van der Waals surface area contributed by atoms with Crippen molar-refractivity contribution < 1.29 is 23.8 Å². The van der Waals surface area contributed by atoms with Crippen LogP contribution in [0.1, 0.15) is 20.3 Å². The van der Waals surface area contributed by atoms with E-state index in [0.29, 0.717) is 19.0 Å². The van der Waals surface area contributed by atoms with Gasteiger partial charge in [0, 0.05) is 6.54 Å². The van der Waals surface area contributed by atoms with E-state index < -0.39 is 6.03 Å². The molecule has 122 valence electrons. The lowest BCUT2D eigenvalue weighted by atomic mass is 10.3. The molecule has 0 bridgehead atoms. The molecule has 0 heterocycles. The SMILES string of the molecule is CCOC(=O)CCNC(=O)NCOc1ccc(OCC)cc1. The first-order chi connectivity index (χ1) is 10.7. The van der Waals surface area contributed by atoms with Crippen LogP contribution in [0.25, 0.3) is 0 Å². The van der Waals surface area contributed by atoms with Gasteiger partial charge >= 0.3 is 12.0 Å². The molecule has 0 aromatic heterocycles. The van der Waals surface area contributed by atoms with E-state index in [2.05, 4.69) is 10.6 Å². The molecule has 2 amide bonds. The number of ether oxygens (including phenoxy) is 3. The van der Waals surface area contributed by atoms with Crippen LogP contribution >= 0.6 is 0 Å². The number of carbonyl (C=O) groups excluding carboxylic acids is 2. The number of amides is 2. The fourth-order valence-corrected chi connectivity index (χ4v) is 1.56. The molecule has 0 saturated heterocycles. The quantitative estimate of drug-likeness (QED) is 0.535. The van der Waals surface area contributed by atoms with Gasteiger partial charge in [0.1, 0.15) is 11.5 Å². The lowest BCUT2D eigenvalue weighted by molar-refractivity contribution is -0.142. The highest BCUT2D eigenvalue weighted by Gasteiger charge is 2.04. The van der Waals surface area contributed by atoms with Crippen molar-refractivity contribution in [3.8, 4) is 11.5 Å². The van der Waals surface area contributed by atoms with Crippen LogP contribution in [0, 0.1) is 0 Å². The van der Waals surface area contributed by atoms with Gasteiger partial charge in [0.15, 0.2) is 6.73 Å². The Morgan fingerprint density at radius 2 is 1.59 bits per heavy atom. The number of benzene rings is 1. The summed E-state index contributed by atoms with van der Waals surface area (Å²) in [5.74, 6) is 1.04. The first-order valence-corrected chi connectivity index (χ1v) is 7.18. The van der Waals surface area contributed by atoms with E-state index in [1.54, 1.807) is 31.2 Å². The summed E-state index contributed by atoms with van der Waals surface area (Å²) in [5.41, 5.74) is 0. The van der Waals surface area contributed by atoms with E-state index in [1.807, 2.05) is 6.92 Å². The zero-order valence-corrected chi connectivity index (χ0v) is 12.9. The summed E-state index contributed by atoms with van der Waals surface area (Å²) in [7, 11) is 0. The highest BCUT2D eigenvalue weighted by atomic mass is 16.5. The molecule has 0 atom stereocenters. The van der Waals surface area contributed by atoms with E-state index in [-0.39, 0.29) is 25.7 Å². The van der Waals surface area contributed by atoms with Gasteiger partial charge in [0.25, 0.3) is 0 Å². The van der Waals surface area contributed by atoms with Crippen molar-refractivity contribution in [2.24, 2.45) is 0 Å². The maximum atomic E-state index is 11.4. The first kappa shape index (κ1) is 17.6. The van der Waals surface area contributed by atoms with Gasteiger partial charge in [-0.2, -0.15) is 0 Å². The van der Waals surface area contributed by atoms with Gasteiger partial charge in [-0.1, -0.05) is 0 Å². The van der Waals surface area contributed by atoms with Gasteiger partial charge in [0.2, 0.25) is 0 Å². The molecule has 22 heavy (non-hydrogen) atoms. The summed E-state index contributed by atoms with van der Waals surface area (Å²) in [6.07, 6.45) is 0.140. The van der Waals surface area contributed by atoms with Crippen LogP contribution in [0.2, 0.25) is 0 Å². The van der Waals surface area contributed by atoms with Gasteiger partial charge in [-0.05, 0) is 38.1 Å². The summed E-state index contributed by atoms with van der Waals surface area (Å²) in [4.78, 5) is 22.5. The average molecular weight is 310 g/mol. The van der Waals surface area contributed by atoms with Crippen molar-refractivity contribution in [2.75, 3.05) is 26.5 Å². The van der Waals surface area contributed by atoms with Gasteiger partial charge in [-0.15, -0.1) is 0 Å². The molecule has 7 nitrogen and oxygen atoms in total. The van der Waals surface area contributed by atoms with Crippen LogP contribution in [0.15, 0.2) is 24.3 Å². The third-order valence-corrected chi connectivity index (χ3v) is 2.53. The smallest absolute Gasteiger partial charge is 0.317 e. The normalized spacial score (nSPS) is 9.73. The van der Waals surface area contributed by atoms with E-state index >= 15 is 0 Å². The molecular formula is C15H22N2O5. The molecular weight excluding hydrogens is 288 g/mol. The second-order valence-corrected chi connectivity index (χ2v) is 4.18. The minimum Gasteiger partial charge on any atom is -0.494 e. The van der Waals surface area contributed by atoms with Crippen LogP contribution in [0.3, 0.4) is 0 Å². The highest BCUT2D eigenvalue weighted by Crippen LogP contribution is 2.16. The summed E-state index contributed by atoms with van der Waals surface area (Å²) in [5, 5.41) is 5.05. The molecule has 0 spiro atoms. The van der Waals surface area contributed by atoms with Crippen molar-refractivity contribution in [3.63, 3.8) is 0 Å². The molecule has 2 N–H and O–H groups in total. The second kappa shape index (κ2) is 10.3. The Morgan fingerprint density at radius 3 is 2.18 bits per heavy atom. The number of esters is 1. The number of hydrogen-bond donors (Lipinski definition) is 2.